The van der Waals surface area contributed by atoms with Crippen LogP contribution in [0, 0.1) is 17.2 Å². The molecule has 1 aliphatic heterocycles. The minimum atomic E-state index is -0.196. The van der Waals surface area contributed by atoms with Crippen LogP contribution in [0.1, 0.15) is 35.4 Å². The van der Waals surface area contributed by atoms with Crippen molar-refractivity contribution in [2.24, 2.45) is 5.92 Å². The van der Waals surface area contributed by atoms with E-state index in [0.717, 1.165) is 49.2 Å². The average Bonchev–Trinajstić information content (AvgIpc) is 3.50. The highest BCUT2D eigenvalue weighted by atomic mass is 16.5. The number of nitriles is 1. The Kier molecular flexibility index (Phi) is 6.65. The minimum Gasteiger partial charge on any atom is -0.494 e. The fraction of sp³-hybridized carbons (Fsp3) is 0.280. The second-order valence-electron chi connectivity index (χ2n) is 7.72. The zero-order valence-corrected chi connectivity index (χ0v) is 17.3. The maximum absolute atomic E-state index is 12.0. The Morgan fingerprint density at radius 2 is 1.87 bits per heavy atom. The molecular weight excluding hydrogens is 390 g/mol. The molecule has 6 heteroatoms. The van der Waals surface area contributed by atoms with E-state index in [1.54, 1.807) is 12.1 Å². The molecule has 0 spiro atoms. The number of benzene rings is 2. The van der Waals surface area contributed by atoms with Gasteiger partial charge in [-0.3, -0.25) is 10.2 Å². The van der Waals surface area contributed by atoms with Crippen LogP contribution in [-0.2, 0) is 0 Å². The van der Waals surface area contributed by atoms with E-state index in [4.69, 9.17) is 14.4 Å². The summed E-state index contributed by atoms with van der Waals surface area (Å²) in [5.41, 5.74) is 5.74. The van der Waals surface area contributed by atoms with Gasteiger partial charge in [-0.2, -0.15) is 5.26 Å². The Hall–Kier alpha value is -3.56. The van der Waals surface area contributed by atoms with Crippen LogP contribution < -0.4 is 10.2 Å². The first kappa shape index (κ1) is 20.7. The van der Waals surface area contributed by atoms with Gasteiger partial charge in [-0.05, 0) is 72.7 Å². The summed E-state index contributed by atoms with van der Waals surface area (Å²) in [6, 6.07) is 21.1. The zero-order valence-electron chi connectivity index (χ0n) is 17.3. The van der Waals surface area contributed by atoms with Gasteiger partial charge in [0.1, 0.15) is 5.75 Å². The van der Waals surface area contributed by atoms with Crippen LogP contribution in [0.25, 0.3) is 11.1 Å². The third kappa shape index (κ3) is 5.53. The molecule has 4 rings (SSSR count). The van der Waals surface area contributed by atoms with Crippen LogP contribution in [0.3, 0.4) is 0 Å². The third-order valence-electron chi connectivity index (χ3n) is 5.52. The SMILES string of the molecule is N#Cc1ccc(-c2ccc(OCCC[C@@H]3CCN(NC(=O)c4ccco4)C3)cc2)cc1. The van der Waals surface area contributed by atoms with Crippen molar-refractivity contribution in [3.63, 3.8) is 0 Å². The standard InChI is InChI=1S/C25H25N3O3/c26-17-19-5-7-21(8-6-19)22-9-11-23(12-10-22)30-15-1-3-20-13-14-28(18-20)27-25(29)24-4-2-16-31-24/h2,4-12,16,20H,1,3,13-15,18H2,(H,27,29)/t20-/m1/s1. The molecule has 0 aliphatic carbocycles. The third-order valence-corrected chi connectivity index (χ3v) is 5.52. The Balaban J connectivity index is 1.16. The summed E-state index contributed by atoms with van der Waals surface area (Å²) in [5, 5.41) is 10.9. The van der Waals surface area contributed by atoms with Crippen LogP contribution in [0.2, 0.25) is 0 Å². The second-order valence-corrected chi connectivity index (χ2v) is 7.72. The molecule has 1 amide bonds. The van der Waals surface area contributed by atoms with E-state index in [2.05, 4.69) is 11.5 Å². The quantitative estimate of drug-likeness (QED) is 0.542. The largest absolute Gasteiger partial charge is 0.494 e. The molecule has 31 heavy (non-hydrogen) atoms. The molecule has 0 radical (unpaired) electrons. The number of carbonyl (C=O) groups excluding carboxylic acids is 1. The summed E-state index contributed by atoms with van der Waals surface area (Å²) in [4.78, 5) is 12.0. The van der Waals surface area contributed by atoms with Gasteiger partial charge in [0, 0.05) is 13.1 Å². The first-order valence-corrected chi connectivity index (χ1v) is 10.5. The lowest BCUT2D eigenvalue weighted by atomic mass is 10.0. The Labute approximate surface area is 182 Å². The van der Waals surface area contributed by atoms with E-state index in [0.29, 0.717) is 23.8 Å². The maximum atomic E-state index is 12.0. The van der Waals surface area contributed by atoms with Gasteiger partial charge in [-0.15, -0.1) is 0 Å². The fourth-order valence-electron chi connectivity index (χ4n) is 3.82. The lowest BCUT2D eigenvalue weighted by molar-refractivity contribution is 0.0790. The molecule has 0 saturated carbocycles. The van der Waals surface area contributed by atoms with Crippen molar-refractivity contribution in [1.29, 1.82) is 5.26 Å². The van der Waals surface area contributed by atoms with Crippen molar-refractivity contribution in [3.05, 3.63) is 78.3 Å². The first-order valence-electron chi connectivity index (χ1n) is 10.5. The topological polar surface area (TPSA) is 78.5 Å². The van der Waals surface area contributed by atoms with E-state index in [1.807, 2.05) is 53.5 Å². The summed E-state index contributed by atoms with van der Waals surface area (Å²) in [6.45, 7) is 2.38. The van der Waals surface area contributed by atoms with E-state index in [1.165, 1.54) is 6.26 Å². The molecule has 1 N–H and O–H groups in total. The minimum absolute atomic E-state index is 0.196. The monoisotopic (exact) mass is 415 g/mol. The molecule has 1 atom stereocenters. The molecule has 1 aliphatic rings. The van der Waals surface area contributed by atoms with Gasteiger partial charge in [-0.1, -0.05) is 24.3 Å². The van der Waals surface area contributed by atoms with Crippen LogP contribution in [0.4, 0.5) is 0 Å². The van der Waals surface area contributed by atoms with Gasteiger partial charge < -0.3 is 9.15 Å². The highest BCUT2D eigenvalue weighted by molar-refractivity contribution is 5.90. The van der Waals surface area contributed by atoms with Crippen molar-refractivity contribution in [3.8, 4) is 22.9 Å². The summed E-state index contributed by atoms with van der Waals surface area (Å²) in [6.07, 6.45) is 4.61. The molecule has 0 bridgehead atoms. The van der Waals surface area contributed by atoms with Crippen molar-refractivity contribution in [1.82, 2.24) is 10.4 Å². The second kappa shape index (κ2) is 9.96. The highest BCUT2D eigenvalue weighted by Gasteiger charge is 2.24. The molecule has 1 saturated heterocycles. The van der Waals surface area contributed by atoms with Gasteiger partial charge in [0.2, 0.25) is 0 Å². The van der Waals surface area contributed by atoms with E-state index in [-0.39, 0.29) is 5.91 Å². The molecule has 3 aromatic rings. The number of hydrogen-bond donors (Lipinski definition) is 1. The van der Waals surface area contributed by atoms with Gasteiger partial charge >= 0.3 is 5.91 Å². The van der Waals surface area contributed by atoms with E-state index >= 15 is 0 Å². The van der Waals surface area contributed by atoms with Crippen molar-refractivity contribution in [2.75, 3.05) is 19.7 Å². The number of rotatable bonds is 8. The number of amides is 1. The maximum Gasteiger partial charge on any atom is 0.301 e. The average molecular weight is 415 g/mol. The first-order chi connectivity index (χ1) is 15.2. The molecule has 158 valence electrons. The van der Waals surface area contributed by atoms with Gasteiger partial charge in [0.05, 0.1) is 24.5 Å². The number of hydrazine groups is 1. The zero-order chi connectivity index (χ0) is 21.5. The lowest BCUT2D eigenvalue weighted by Gasteiger charge is -2.16. The van der Waals surface area contributed by atoms with Gasteiger partial charge in [-0.25, -0.2) is 5.01 Å². The van der Waals surface area contributed by atoms with Gasteiger partial charge in [0.15, 0.2) is 5.76 Å². The Morgan fingerprint density at radius 1 is 1.13 bits per heavy atom. The number of nitrogens with zero attached hydrogens (tertiary/aromatic N) is 2. The highest BCUT2D eigenvalue weighted by Crippen LogP contribution is 2.24. The van der Waals surface area contributed by atoms with Crippen LogP contribution in [0.15, 0.2) is 71.3 Å². The number of furan rings is 1. The van der Waals surface area contributed by atoms with Crippen molar-refractivity contribution < 1.29 is 13.9 Å². The van der Waals surface area contributed by atoms with Crippen LogP contribution >= 0.6 is 0 Å². The lowest BCUT2D eigenvalue weighted by Crippen LogP contribution is -2.40. The predicted molar refractivity (Wildman–Crippen MR) is 117 cm³/mol. The molecule has 2 aromatic carbocycles. The van der Waals surface area contributed by atoms with E-state index in [9.17, 15) is 4.79 Å². The molecule has 1 aromatic heterocycles. The van der Waals surface area contributed by atoms with Crippen LogP contribution in [0.5, 0.6) is 5.75 Å². The Bertz CT molecular complexity index is 1020. The van der Waals surface area contributed by atoms with E-state index < -0.39 is 0 Å². The van der Waals surface area contributed by atoms with Gasteiger partial charge in [0.25, 0.3) is 0 Å². The normalized spacial score (nSPS) is 16.0. The molecule has 1 fully saturated rings. The number of carbonyl (C=O) groups is 1. The summed E-state index contributed by atoms with van der Waals surface area (Å²) >= 11 is 0. The summed E-state index contributed by atoms with van der Waals surface area (Å²) in [5.74, 6) is 1.55. The van der Waals surface area contributed by atoms with Crippen molar-refractivity contribution >= 4 is 5.91 Å². The predicted octanol–water partition coefficient (Wildman–Crippen LogP) is 4.64. The van der Waals surface area contributed by atoms with Crippen LogP contribution in [-0.4, -0.2) is 30.6 Å². The molecule has 0 unspecified atom stereocenters. The summed E-state index contributed by atoms with van der Waals surface area (Å²) in [7, 11) is 0. The number of nitrogens with one attached hydrogen (secondary N) is 1. The van der Waals surface area contributed by atoms with Crippen molar-refractivity contribution in [2.45, 2.75) is 19.3 Å². The molecule has 6 nitrogen and oxygen atoms in total. The smallest absolute Gasteiger partial charge is 0.301 e. The fourth-order valence-corrected chi connectivity index (χ4v) is 3.82. The molecular formula is C25H25N3O3. The number of hydrogen-bond acceptors (Lipinski definition) is 5. The Morgan fingerprint density at radius 3 is 2.55 bits per heavy atom. The molecule has 2 heterocycles. The summed E-state index contributed by atoms with van der Waals surface area (Å²) < 4.78 is 11.0. The number of ether oxygens (including phenoxy) is 1.